The highest BCUT2D eigenvalue weighted by Crippen LogP contribution is 2.17. The van der Waals surface area contributed by atoms with Crippen LogP contribution in [-0.2, 0) is 4.74 Å². The van der Waals surface area contributed by atoms with Gasteiger partial charge in [0.15, 0.2) is 5.11 Å². The number of rotatable bonds is 3. The third kappa shape index (κ3) is 4.43. The van der Waals surface area contributed by atoms with Gasteiger partial charge in [0.25, 0.3) is 0 Å². The van der Waals surface area contributed by atoms with Crippen LogP contribution in [0.4, 0.5) is 0 Å². The smallest absolute Gasteiger partial charge is 0.166 e. The lowest BCUT2D eigenvalue weighted by molar-refractivity contribution is 0.0643. The van der Waals surface area contributed by atoms with E-state index >= 15 is 0 Å². The number of ether oxygens (including phenoxy) is 1. The van der Waals surface area contributed by atoms with Gasteiger partial charge in [-0.2, -0.15) is 0 Å². The number of hydrogen-bond acceptors (Lipinski definition) is 2. The van der Waals surface area contributed by atoms with Gasteiger partial charge < -0.3 is 15.4 Å². The van der Waals surface area contributed by atoms with Gasteiger partial charge in [-0.25, -0.2) is 0 Å². The summed E-state index contributed by atoms with van der Waals surface area (Å²) in [5, 5.41) is 6.80. The predicted octanol–water partition coefficient (Wildman–Crippen LogP) is 0.897. The van der Waals surface area contributed by atoms with Crippen LogP contribution in [-0.4, -0.2) is 31.9 Å². The Bertz CT molecular complexity index is 158. The maximum absolute atomic E-state index is 5.29. The van der Waals surface area contributed by atoms with E-state index in [1.807, 2.05) is 7.05 Å². The second kappa shape index (κ2) is 6.16. The van der Waals surface area contributed by atoms with Crippen LogP contribution in [0.15, 0.2) is 0 Å². The van der Waals surface area contributed by atoms with Crippen molar-refractivity contribution < 1.29 is 4.74 Å². The van der Waals surface area contributed by atoms with Crippen LogP contribution in [0.3, 0.4) is 0 Å². The molecule has 1 aliphatic heterocycles. The highest BCUT2D eigenvalue weighted by atomic mass is 32.1. The lowest BCUT2D eigenvalue weighted by Gasteiger charge is -2.22. The van der Waals surface area contributed by atoms with Crippen LogP contribution in [0.5, 0.6) is 0 Å². The molecule has 1 heterocycles. The van der Waals surface area contributed by atoms with Gasteiger partial charge in [0.2, 0.25) is 0 Å². The SMILES string of the molecule is CNC(=S)NCCC1CCOCC1. The Kier molecular flexibility index (Phi) is 5.08. The standard InChI is InChI=1S/C9H18N2OS/c1-10-9(13)11-5-2-8-3-6-12-7-4-8/h8H,2-7H2,1H3,(H2,10,11,13). The molecule has 4 heteroatoms. The van der Waals surface area contributed by atoms with Gasteiger partial charge in [0, 0.05) is 26.8 Å². The Hall–Kier alpha value is -0.350. The zero-order valence-electron chi connectivity index (χ0n) is 8.14. The second-order valence-electron chi connectivity index (χ2n) is 3.35. The topological polar surface area (TPSA) is 33.3 Å². The third-order valence-electron chi connectivity index (χ3n) is 2.41. The molecule has 13 heavy (non-hydrogen) atoms. The molecule has 1 saturated heterocycles. The summed E-state index contributed by atoms with van der Waals surface area (Å²) in [6, 6.07) is 0. The molecule has 3 nitrogen and oxygen atoms in total. The fourth-order valence-electron chi connectivity index (χ4n) is 1.51. The predicted molar refractivity (Wildman–Crippen MR) is 57.8 cm³/mol. The lowest BCUT2D eigenvalue weighted by Crippen LogP contribution is -2.34. The molecule has 76 valence electrons. The molecule has 0 unspecified atom stereocenters. The van der Waals surface area contributed by atoms with Crippen molar-refractivity contribution in [2.45, 2.75) is 19.3 Å². The minimum Gasteiger partial charge on any atom is -0.381 e. The molecule has 1 fully saturated rings. The average Bonchev–Trinajstić information content (AvgIpc) is 2.19. The summed E-state index contributed by atoms with van der Waals surface area (Å²) in [6.45, 7) is 2.84. The van der Waals surface area contributed by atoms with Crippen molar-refractivity contribution in [3.8, 4) is 0 Å². The molecular formula is C9H18N2OS. The maximum Gasteiger partial charge on any atom is 0.166 e. The van der Waals surface area contributed by atoms with Gasteiger partial charge in [0.1, 0.15) is 0 Å². The Morgan fingerprint density at radius 1 is 1.46 bits per heavy atom. The summed E-state index contributed by atoms with van der Waals surface area (Å²) in [7, 11) is 1.84. The van der Waals surface area contributed by atoms with E-state index in [2.05, 4.69) is 10.6 Å². The molecule has 0 aromatic heterocycles. The molecule has 1 rings (SSSR count). The summed E-state index contributed by atoms with van der Waals surface area (Å²) in [6.07, 6.45) is 3.60. The first kappa shape index (κ1) is 10.7. The monoisotopic (exact) mass is 202 g/mol. The molecule has 0 radical (unpaired) electrons. The van der Waals surface area contributed by atoms with E-state index in [1.54, 1.807) is 0 Å². The van der Waals surface area contributed by atoms with Crippen molar-refractivity contribution in [2.75, 3.05) is 26.8 Å². The first-order chi connectivity index (χ1) is 6.33. The van der Waals surface area contributed by atoms with Crippen molar-refractivity contribution in [2.24, 2.45) is 5.92 Å². The first-order valence-electron chi connectivity index (χ1n) is 4.86. The molecule has 0 amide bonds. The van der Waals surface area contributed by atoms with Gasteiger partial charge in [-0.3, -0.25) is 0 Å². The minimum atomic E-state index is 0.743. The van der Waals surface area contributed by atoms with Crippen molar-refractivity contribution in [3.63, 3.8) is 0 Å². The normalized spacial score (nSPS) is 18.2. The van der Waals surface area contributed by atoms with E-state index in [4.69, 9.17) is 17.0 Å². The summed E-state index contributed by atoms with van der Waals surface area (Å²) in [5.41, 5.74) is 0. The summed E-state index contributed by atoms with van der Waals surface area (Å²) in [4.78, 5) is 0. The molecular weight excluding hydrogens is 184 g/mol. The van der Waals surface area contributed by atoms with Gasteiger partial charge in [0.05, 0.1) is 0 Å². The molecule has 0 saturated carbocycles. The zero-order valence-corrected chi connectivity index (χ0v) is 8.95. The van der Waals surface area contributed by atoms with E-state index in [0.29, 0.717) is 0 Å². The number of thiocarbonyl (C=S) groups is 1. The molecule has 0 spiro atoms. The van der Waals surface area contributed by atoms with Crippen molar-refractivity contribution in [1.29, 1.82) is 0 Å². The lowest BCUT2D eigenvalue weighted by atomic mass is 9.97. The van der Waals surface area contributed by atoms with Crippen molar-refractivity contribution in [3.05, 3.63) is 0 Å². The Balaban J connectivity index is 2.01. The van der Waals surface area contributed by atoms with Crippen molar-refractivity contribution >= 4 is 17.3 Å². The average molecular weight is 202 g/mol. The molecule has 1 aliphatic rings. The second-order valence-corrected chi connectivity index (χ2v) is 3.76. The first-order valence-corrected chi connectivity index (χ1v) is 5.27. The quantitative estimate of drug-likeness (QED) is 0.666. The van der Waals surface area contributed by atoms with Crippen LogP contribution < -0.4 is 10.6 Å². The fraction of sp³-hybridized carbons (Fsp3) is 0.889. The molecule has 0 atom stereocenters. The van der Waals surface area contributed by atoms with Crippen molar-refractivity contribution in [1.82, 2.24) is 10.6 Å². The third-order valence-corrected chi connectivity index (χ3v) is 2.75. The van der Waals surface area contributed by atoms with Crippen LogP contribution in [0, 0.1) is 5.92 Å². The fourth-order valence-corrected chi connectivity index (χ4v) is 1.62. The van der Waals surface area contributed by atoms with Crippen LogP contribution in [0.1, 0.15) is 19.3 Å². The molecule has 0 aromatic rings. The van der Waals surface area contributed by atoms with Gasteiger partial charge in [-0.15, -0.1) is 0 Å². The molecule has 2 N–H and O–H groups in total. The summed E-state index contributed by atoms with van der Waals surface area (Å²) in [5.74, 6) is 0.820. The highest BCUT2D eigenvalue weighted by Gasteiger charge is 2.12. The van der Waals surface area contributed by atoms with Gasteiger partial charge in [-0.05, 0) is 37.4 Å². The molecule has 0 aliphatic carbocycles. The highest BCUT2D eigenvalue weighted by molar-refractivity contribution is 7.80. The van der Waals surface area contributed by atoms with E-state index in [9.17, 15) is 0 Å². The van der Waals surface area contributed by atoms with Crippen LogP contribution in [0.25, 0.3) is 0 Å². The Morgan fingerprint density at radius 3 is 2.77 bits per heavy atom. The van der Waals surface area contributed by atoms with E-state index in [-0.39, 0.29) is 0 Å². The Morgan fingerprint density at radius 2 is 2.15 bits per heavy atom. The van der Waals surface area contributed by atoms with Crippen LogP contribution >= 0.6 is 12.2 Å². The summed E-state index contributed by atoms with van der Waals surface area (Å²) < 4.78 is 5.29. The number of hydrogen-bond donors (Lipinski definition) is 2. The zero-order chi connectivity index (χ0) is 9.52. The largest absolute Gasteiger partial charge is 0.381 e. The van der Waals surface area contributed by atoms with E-state index in [1.165, 1.54) is 19.3 Å². The van der Waals surface area contributed by atoms with E-state index < -0.39 is 0 Å². The van der Waals surface area contributed by atoms with Crippen LogP contribution in [0.2, 0.25) is 0 Å². The molecule has 0 bridgehead atoms. The van der Waals surface area contributed by atoms with Gasteiger partial charge in [-0.1, -0.05) is 0 Å². The Labute approximate surface area is 85.2 Å². The summed E-state index contributed by atoms with van der Waals surface area (Å²) >= 11 is 4.98. The van der Waals surface area contributed by atoms with Gasteiger partial charge >= 0.3 is 0 Å². The van der Waals surface area contributed by atoms with E-state index in [0.717, 1.165) is 30.8 Å². The number of nitrogens with one attached hydrogen (secondary N) is 2. The maximum atomic E-state index is 5.29. The molecule has 0 aromatic carbocycles. The minimum absolute atomic E-state index is 0.743.